The first-order chi connectivity index (χ1) is 9.01. The van der Waals surface area contributed by atoms with Gasteiger partial charge in [-0.25, -0.2) is 0 Å². The number of amides is 2. The Bertz CT molecular complexity index is 434. The van der Waals surface area contributed by atoms with E-state index in [1.165, 1.54) is 7.05 Å². The number of carbonyl (C=O) groups is 2. The Balaban J connectivity index is 2.34. The number of likely N-dealkylation sites (N-methyl/N-ethyl adjacent to an activating group) is 2. The third kappa shape index (κ3) is 6.22. The van der Waals surface area contributed by atoms with E-state index in [1.807, 2.05) is 31.3 Å². The second-order valence-corrected chi connectivity index (χ2v) is 4.82. The lowest BCUT2D eigenvalue weighted by Gasteiger charge is -2.13. The van der Waals surface area contributed by atoms with Gasteiger partial charge in [-0.3, -0.25) is 9.59 Å². The molecule has 1 unspecified atom stereocenters. The number of hydrogen-bond donors (Lipinski definition) is 3. The Morgan fingerprint density at radius 2 is 1.84 bits per heavy atom. The highest BCUT2D eigenvalue weighted by Gasteiger charge is 2.11. The van der Waals surface area contributed by atoms with Crippen LogP contribution >= 0.6 is 11.6 Å². The molecule has 0 aromatic heterocycles. The Kier molecular flexibility index (Phi) is 6.32. The first kappa shape index (κ1) is 15.5. The smallest absolute Gasteiger partial charge is 0.275 e. The third-order valence-electron chi connectivity index (χ3n) is 2.61. The van der Waals surface area contributed by atoms with E-state index in [0.29, 0.717) is 11.6 Å². The van der Waals surface area contributed by atoms with Crippen LogP contribution < -0.4 is 15.5 Å². The molecule has 1 rings (SSSR count). The van der Waals surface area contributed by atoms with E-state index < -0.39 is 0 Å². The van der Waals surface area contributed by atoms with Gasteiger partial charge in [0.2, 0.25) is 5.91 Å². The molecule has 0 saturated carbocycles. The van der Waals surface area contributed by atoms with Gasteiger partial charge in [-0.1, -0.05) is 23.7 Å². The van der Waals surface area contributed by atoms with Crippen molar-refractivity contribution in [3.05, 3.63) is 34.9 Å². The van der Waals surface area contributed by atoms with Crippen molar-refractivity contribution in [1.29, 1.82) is 0 Å². The van der Waals surface area contributed by atoms with Gasteiger partial charge in [0.05, 0.1) is 13.6 Å². The molecule has 2 amide bonds. The van der Waals surface area contributed by atoms with E-state index in [-0.39, 0.29) is 18.4 Å². The number of rotatable bonds is 6. The third-order valence-corrected chi connectivity index (χ3v) is 2.86. The zero-order valence-electron chi connectivity index (χ0n) is 11.1. The first-order valence-electron chi connectivity index (χ1n) is 6.04. The van der Waals surface area contributed by atoms with E-state index in [9.17, 15) is 9.59 Å². The fourth-order valence-corrected chi connectivity index (χ4v) is 1.74. The van der Waals surface area contributed by atoms with Gasteiger partial charge in [0.15, 0.2) is 6.54 Å². The summed E-state index contributed by atoms with van der Waals surface area (Å²) in [7, 11) is 3.46. The topological polar surface area (TPSA) is 62.6 Å². The summed E-state index contributed by atoms with van der Waals surface area (Å²) in [6.45, 7) is 1.06. The van der Waals surface area contributed by atoms with E-state index in [2.05, 4.69) is 10.6 Å². The van der Waals surface area contributed by atoms with Gasteiger partial charge in [0, 0.05) is 17.6 Å². The fourth-order valence-electron chi connectivity index (χ4n) is 1.62. The molecule has 0 aliphatic rings. The van der Waals surface area contributed by atoms with Crippen molar-refractivity contribution in [3.63, 3.8) is 0 Å². The number of nitrogens with one attached hydrogen (secondary N) is 3. The summed E-state index contributed by atoms with van der Waals surface area (Å²) in [4.78, 5) is 23.6. The molecule has 0 saturated heterocycles. The molecule has 0 aliphatic carbocycles. The molecule has 1 aromatic carbocycles. The lowest BCUT2D eigenvalue weighted by molar-refractivity contribution is -0.885. The first-order valence-corrected chi connectivity index (χ1v) is 6.42. The van der Waals surface area contributed by atoms with Gasteiger partial charge in [-0.05, 0) is 12.1 Å². The average Bonchev–Trinajstić information content (AvgIpc) is 2.38. The number of benzene rings is 1. The minimum absolute atomic E-state index is 0.0174. The van der Waals surface area contributed by atoms with E-state index >= 15 is 0 Å². The normalized spacial score (nSPS) is 11.7. The largest absolute Gasteiger partial charge is 0.358 e. The molecule has 0 heterocycles. The molecule has 6 heteroatoms. The maximum atomic E-state index is 11.6. The molecular formula is C13H19ClN3O2+. The summed E-state index contributed by atoms with van der Waals surface area (Å²) in [6.07, 6.45) is 0. The van der Waals surface area contributed by atoms with E-state index in [1.54, 1.807) is 0 Å². The van der Waals surface area contributed by atoms with Crippen molar-refractivity contribution in [2.24, 2.45) is 0 Å². The average molecular weight is 285 g/mol. The van der Waals surface area contributed by atoms with Gasteiger partial charge in [0.25, 0.3) is 5.91 Å². The van der Waals surface area contributed by atoms with Crippen molar-refractivity contribution in [2.75, 3.05) is 27.2 Å². The highest BCUT2D eigenvalue weighted by atomic mass is 35.5. The molecular weight excluding hydrogens is 266 g/mol. The molecule has 19 heavy (non-hydrogen) atoms. The van der Waals surface area contributed by atoms with E-state index in [4.69, 9.17) is 11.6 Å². The lowest BCUT2D eigenvalue weighted by atomic mass is 10.2. The van der Waals surface area contributed by atoms with Gasteiger partial charge in [-0.15, -0.1) is 0 Å². The van der Waals surface area contributed by atoms with Crippen molar-refractivity contribution < 1.29 is 14.5 Å². The summed E-state index contributed by atoms with van der Waals surface area (Å²) in [5.41, 5.74) is 1.11. The molecule has 0 radical (unpaired) electrons. The Morgan fingerprint density at radius 1 is 1.21 bits per heavy atom. The summed E-state index contributed by atoms with van der Waals surface area (Å²) < 4.78 is 0. The Morgan fingerprint density at radius 3 is 2.42 bits per heavy atom. The Labute approximate surface area is 117 Å². The number of hydrogen-bond acceptors (Lipinski definition) is 2. The fraction of sp³-hybridized carbons (Fsp3) is 0.385. The maximum Gasteiger partial charge on any atom is 0.275 e. The second-order valence-electron chi connectivity index (χ2n) is 4.39. The van der Waals surface area contributed by atoms with Crippen LogP contribution in [0.2, 0.25) is 5.02 Å². The Hall–Kier alpha value is -1.59. The standard InChI is InChI=1S/C13H18ClN3O2/c1-15-12(18)7-16-13(19)9-17(2)8-10-3-5-11(14)6-4-10/h3-6H,7-9H2,1-2H3,(H,15,18)(H,16,19)/p+1. The molecule has 5 nitrogen and oxygen atoms in total. The second kappa shape index (κ2) is 7.76. The van der Waals surface area contributed by atoms with E-state index in [0.717, 1.165) is 17.0 Å². The summed E-state index contributed by atoms with van der Waals surface area (Å²) >= 11 is 5.81. The highest BCUT2D eigenvalue weighted by Crippen LogP contribution is 2.08. The molecule has 1 aromatic rings. The van der Waals surface area contributed by atoms with Gasteiger partial charge in [0.1, 0.15) is 6.54 Å². The molecule has 104 valence electrons. The monoisotopic (exact) mass is 284 g/mol. The molecule has 3 N–H and O–H groups in total. The van der Waals surface area contributed by atoms with Crippen LogP contribution in [-0.4, -0.2) is 39.0 Å². The minimum atomic E-state index is -0.205. The van der Waals surface area contributed by atoms with Crippen LogP contribution in [0.25, 0.3) is 0 Å². The SMILES string of the molecule is CNC(=O)CNC(=O)C[NH+](C)Cc1ccc(Cl)cc1. The molecule has 0 bridgehead atoms. The van der Waals surface area contributed by atoms with Crippen LogP contribution in [0.15, 0.2) is 24.3 Å². The maximum absolute atomic E-state index is 11.6. The summed E-state index contributed by atoms with van der Waals surface area (Å²) in [5.74, 6) is -0.348. The summed E-state index contributed by atoms with van der Waals surface area (Å²) in [6, 6.07) is 7.54. The molecule has 0 fully saturated rings. The van der Waals surface area contributed by atoms with Crippen LogP contribution in [0.4, 0.5) is 0 Å². The summed E-state index contributed by atoms with van der Waals surface area (Å²) in [5, 5.41) is 5.71. The molecule has 0 aliphatic heterocycles. The number of quaternary nitrogens is 1. The zero-order valence-corrected chi connectivity index (χ0v) is 11.9. The van der Waals surface area contributed by atoms with Crippen molar-refractivity contribution in [1.82, 2.24) is 10.6 Å². The van der Waals surface area contributed by atoms with Gasteiger partial charge in [-0.2, -0.15) is 0 Å². The van der Waals surface area contributed by atoms with Crippen LogP contribution in [0.3, 0.4) is 0 Å². The molecule has 0 spiro atoms. The van der Waals surface area contributed by atoms with Crippen molar-refractivity contribution in [3.8, 4) is 0 Å². The van der Waals surface area contributed by atoms with Crippen LogP contribution in [0.1, 0.15) is 5.56 Å². The quantitative estimate of drug-likeness (QED) is 0.642. The van der Waals surface area contributed by atoms with Crippen molar-refractivity contribution in [2.45, 2.75) is 6.54 Å². The van der Waals surface area contributed by atoms with Crippen LogP contribution in [0.5, 0.6) is 0 Å². The number of carbonyl (C=O) groups excluding carboxylic acids is 2. The number of halogens is 1. The predicted octanol–water partition coefficient (Wildman–Crippen LogP) is -0.783. The van der Waals surface area contributed by atoms with Crippen LogP contribution in [0, 0.1) is 0 Å². The van der Waals surface area contributed by atoms with Crippen LogP contribution in [-0.2, 0) is 16.1 Å². The predicted molar refractivity (Wildman–Crippen MR) is 74.0 cm³/mol. The zero-order chi connectivity index (χ0) is 14.3. The van der Waals surface area contributed by atoms with Crippen molar-refractivity contribution >= 4 is 23.4 Å². The minimum Gasteiger partial charge on any atom is -0.358 e. The van der Waals surface area contributed by atoms with Gasteiger partial charge >= 0.3 is 0 Å². The molecule has 1 atom stereocenters. The van der Waals surface area contributed by atoms with Gasteiger partial charge < -0.3 is 15.5 Å². The lowest BCUT2D eigenvalue weighted by Crippen LogP contribution is -3.08. The highest BCUT2D eigenvalue weighted by molar-refractivity contribution is 6.30.